The van der Waals surface area contributed by atoms with Gasteiger partial charge >= 0.3 is 5.97 Å². The van der Waals surface area contributed by atoms with Gasteiger partial charge in [-0.25, -0.2) is 4.79 Å². The lowest BCUT2D eigenvalue weighted by Gasteiger charge is -2.21. The van der Waals surface area contributed by atoms with Gasteiger partial charge in [0, 0.05) is 18.3 Å². The molecule has 0 unspecified atom stereocenters. The molecule has 0 radical (unpaired) electrons. The van der Waals surface area contributed by atoms with Crippen LogP contribution in [-0.4, -0.2) is 39.2 Å². The number of nitriles is 1. The molecule has 2 aromatic carbocycles. The van der Waals surface area contributed by atoms with Gasteiger partial charge < -0.3 is 19.1 Å². The molecular formula is C23H24N2O5. The van der Waals surface area contributed by atoms with Gasteiger partial charge in [0.15, 0.2) is 18.1 Å². The molecule has 0 N–H and O–H groups in total. The van der Waals surface area contributed by atoms with Crippen molar-refractivity contribution >= 4 is 23.6 Å². The predicted molar refractivity (Wildman–Crippen MR) is 113 cm³/mol. The molecule has 30 heavy (non-hydrogen) atoms. The number of nitrogens with zero attached hydrogens (tertiary/aromatic N) is 2. The molecule has 0 aliphatic heterocycles. The van der Waals surface area contributed by atoms with Crippen LogP contribution in [0, 0.1) is 18.3 Å². The van der Waals surface area contributed by atoms with Crippen molar-refractivity contribution in [1.82, 2.24) is 0 Å². The average molecular weight is 408 g/mol. The van der Waals surface area contributed by atoms with Gasteiger partial charge in [0.1, 0.15) is 0 Å². The zero-order chi connectivity index (χ0) is 21.9. The van der Waals surface area contributed by atoms with E-state index in [2.05, 4.69) is 0 Å². The normalized spacial score (nSPS) is 10.3. The Balaban J connectivity index is 1.99. The van der Waals surface area contributed by atoms with Gasteiger partial charge in [0.05, 0.1) is 26.7 Å². The molecule has 0 heterocycles. The molecular weight excluding hydrogens is 384 g/mol. The van der Waals surface area contributed by atoms with E-state index in [9.17, 15) is 9.59 Å². The summed E-state index contributed by atoms with van der Waals surface area (Å²) in [6, 6.07) is 14.6. The zero-order valence-electron chi connectivity index (χ0n) is 17.3. The number of esters is 1. The number of ether oxygens (including phenoxy) is 3. The first kappa shape index (κ1) is 22.5. The van der Waals surface area contributed by atoms with E-state index < -0.39 is 18.5 Å². The van der Waals surface area contributed by atoms with Crippen molar-refractivity contribution in [2.24, 2.45) is 0 Å². The molecule has 0 spiro atoms. The molecule has 2 aromatic rings. The van der Waals surface area contributed by atoms with Crippen LogP contribution in [0.4, 0.5) is 5.69 Å². The molecule has 0 saturated carbocycles. The lowest BCUT2D eigenvalue weighted by atomic mass is 10.2. The monoisotopic (exact) mass is 408 g/mol. The quantitative estimate of drug-likeness (QED) is 0.466. The molecule has 156 valence electrons. The first-order chi connectivity index (χ1) is 14.5. The number of benzene rings is 2. The number of amides is 1. The minimum absolute atomic E-state index is 0.173. The Kier molecular flexibility index (Phi) is 8.45. The summed E-state index contributed by atoms with van der Waals surface area (Å²) in [5.41, 5.74) is 2.42. The van der Waals surface area contributed by atoms with E-state index in [0.717, 1.165) is 5.56 Å². The minimum atomic E-state index is -0.651. The van der Waals surface area contributed by atoms with Crippen LogP contribution in [0.15, 0.2) is 48.5 Å². The Morgan fingerprint density at radius 3 is 2.40 bits per heavy atom. The Morgan fingerprint density at radius 1 is 1.07 bits per heavy atom. The number of hydrogen-bond acceptors (Lipinski definition) is 6. The first-order valence-corrected chi connectivity index (χ1v) is 9.29. The Hall–Kier alpha value is -3.79. The van der Waals surface area contributed by atoms with Crippen LogP contribution < -0.4 is 14.4 Å². The van der Waals surface area contributed by atoms with Gasteiger partial charge in [0.2, 0.25) is 0 Å². The van der Waals surface area contributed by atoms with E-state index >= 15 is 0 Å². The second-order valence-electron chi connectivity index (χ2n) is 6.34. The second-order valence-corrected chi connectivity index (χ2v) is 6.34. The summed E-state index contributed by atoms with van der Waals surface area (Å²) in [6.07, 6.45) is 2.97. The fourth-order valence-corrected chi connectivity index (χ4v) is 2.66. The summed E-state index contributed by atoms with van der Waals surface area (Å²) in [5.74, 6) is 0.0649. The highest BCUT2D eigenvalue weighted by atomic mass is 16.5. The average Bonchev–Trinajstić information content (AvgIpc) is 2.77. The van der Waals surface area contributed by atoms with Crippen LogP contribution in [-0.2, 0) is 14.3 Å². The fourth-order valence-electron chi connectivity index (χ4n) is 2.66. The van der Waals surface area contributed by atoms with E-state index in [-0.39, 0.29) is 13.0 Å². The number of carbonyl (C=O) groups is 2. The number of aryl methyl sites for hydroxylation is 1. The largest absolute Gasteiger partial charge is 0.493 e. The molecule has 2 rings (SSSR count). The van der Waals surface area contributed by atoms with E-state index in [1.54, 1.807) is 36.4 Å². The van der Waals surface area contributed by atoms with Gasteiger partial charge in [-0.05, 0) is 42.8 Å². The maximum absolute atomic E-state index is 12.6. The van der Waals surface area contributed by atoms with Gasteiger partial charge in [-0.2, -0.15) is 5.26 Å². The molecule has 0 aliphatic rings. The number of anilines is 1. The minimum Gasteiger partial charge on any atom is -0.493 e. The van der Waals surface area contributed by atoms with E-state index in [1.165, 1.54) is 25.2 Å². The summed E-state index contributed by atoms with van der Waals surface area (Å²) in [5, 5.41) is 8.86. The molecule has 0 fully saturated rings. The molecule has 0 atom stereocenters. The zero-order valence-corrected chi connectivity index (χ0v) is 17.3. The number of hydrogen-bond donors (Lipinski definition) is 0. The Labute approximate surface area is 176 Å². The third-order valence-electron chi connectivity index (χ3n) is 4.25. The Morgan fingerprint density at radius 2 is 1.77 bits per heavy atom. The maximum atomic E-state index is 12.6. The molecule has 1 amide bonds. The molecule has 7 heteroatoms. The number of methoxy groups -OCH3 is 2. The van der Waals surface area contributed by atoms with E-state index in [4.69, 9.17) is 19.5 Å². The molecule has 0 aliphatic carbocycles. The van der Waals surface area contributed by atoms with Gasteiger partial charge in [0.25, 0.3) is 5.91 Å². The number of rotatable bonds is 9. The lowest BCUT2D eigenvalue weighted by molar-refractivity contribution is -0.142. The summed E-state index contributed by atoms with van der Waals surface area (Å²) in [4.78, 5) is 26.0. The SMILES string of the molecule is COc1ccc(/C=C\C(=O)OCC(=O)N(CCC#N)c2ccc(C)cc2)cc1OC. The van der Waals surface area contributed by atoms with Crippen LogP contribution in [0.3, 0.4) is 0 Å². The Bertz CT molecular complexity index is 945. The van der Waals surface area contributed by atoms with Crippen LogP contribution >= 0.6 is 0 Å². The topological polar surface area (TPSA) is 88.9 Å². The van der Waals surface area contributed by atoms with Gasteiger partial charge in [-0.3, -0.25) is 4.79 Å². The van der Waals surface area contributed by atoms with Crippen molar-refractivity contribution in [3.05, 3.63) is 59.7 Å². The molecule has 0 saturated heterocycles. The summed E-state index contributed by atoms with van der Waals surface area (Å²) >= 11 is 0. The molecule has 7 nitrogen and oxygen atoms in total. The summed E-state index contributed by atoms with van der Waals surface area (Å²) in [7, 11) is 3.07. The third-order valence-corrected chi connectivity index (χ3v) is 4.25. The fraction of sp³-hybridized carbons (Fsp3) is 0.261. The van der Waals surface area contributed by atoms with Crippen molar-refractivity contribution in [3.63, 3.8) is 0 Å². The maximum Gasteiger partial charge on any atom is 0.331 e. The second kappa shape index (κ2) is 11.3. The lowest BCUT2D eigenvalue weighted by Crippen LogP contribution is -2.35. The predicted octanol–water partition coefficient (Wildman–Crippen LogP) is 3.52. The molecule has 0 aromatic heterocycles. The van der Waals surface area contributed by atoms with Crippen molar-refractivity contribution in [1.29, 1.82) is 5.26 Å². The van der Waals surface area contributed by atoms with Crippen LogP contribution in [0.1, 0.15) is 17.5 Å². The van der Waals surface area contributed by atoms with Crippen molar-refractivity contribution < 1.29 is 23.8 Å². The summed E-state index contributed by atoms with van der Waals surface area (Å²) in [6.45, 7) is 1.74. The standard InChI is InChI=1S/C23H24N2O5/c1-17-5-9-19(10-6-17)25(14-4-13-24)22(26)16-30-23(27)12-8-18-7-11-20(28-2)21(15-18)29-3/h5-12,15H,4,14,16H2,1-3H3/b12-8-. The highest BCUT2D eigenvalue weighted by Gasteiger charge is 2.17. The van der Waals surface area contributed by atoms with Gasteiger partial charge in [-0.15, -0.1) is 0 Å². The smallest absolute Gasteiger partial charge is 0.331 e. The third kappa shape index (κ3) is 6.38. The van der Waals surface area contributed by atoms with Crippen LogP contribution in [0.5, 0.6) is 11.5 Å². The van der Waals surface area contributed by atoms with E-state index in [1.807, 2.05) is 25.1 Å². The highest BCUT2D eigenvalue weighted by molar-refractivity contribution is 5.96. The number of carbonyl (C=O) groups excluding carboxylic acids is 2. The first-order valence-electron chi connectivity index (χ1n) is 9.29. The van der Waals surface area contributed by atoms with Gasteiger partial charge in [-0.1, -0.05) is 23.8 Å². The van der Waals surface area contributed by atoms with Crippen LogP contribution in [0.25, 0.3) is 6.08 Å². The van der Waals surface area contributed by atoms with Crippen LogP contribution in [0.2, 0.25) is 0 Å². The van der Waals surface area contributed by atoms with Crippen molar-refractivity contribution in [2.75, 3.05) is 32.3 Å². The van der Waals surface area contributed by atoms with Crippen molar-refractivity contribution in [2.45, 2.75) is 13.3 Å². The van der Waals surface area contributed by atoms with Crippen molar-refractivity contribution in [3.8, 4) is 17.6 Å². The molecule has 0 bridgehead atoms. The van der Waals surface area contributed by atoms with E-state index in [0.29, 0.717) is 22.7 Å². The summed E-state index contributed by atoms with van der Waals surface area (Å²) < 4.78 is 15.5. The highest BCUT2D eigenvalue weighted by Crippen LogP contribution is 2.28.